The molecule has 0 unspecified atom stereocenters. The van der Waals surface area contributed by atoms with Crippen LogP contribution in [0, 0.1) is 0 Å². The molecular weight excluding hydrogens is 338 g/mol. The Morgan fingerprint density at radius 1 is 0.926 bits per heavy atom. The van der Waals surface area contributed by atoms with Crippen molar-refractivity contribution in [1.82, 2.24) is 20.4 Å². The first-order valence-corrected chi connectivity index (χ1v) is 11.3. The second kappa shape index (κ2) is 14.2. The Balaban J connectivity index is 2.29. The van der Waals surface area contributed by atoms with Gasteiger partial charge in [-0.2, -0.15) is 0 Å². The number of hydrogen-bond donors (Lipinski definition) is 3. The Bertz CT molecular complexity index is 388. The van der Waals surface area contributed by atoms with Gasteiger partial charge in [0.1, 0.15) is 0 Å². The first kappa shape index (κ1) is 24.2. The third kappa shape index (κ3) is 10.3. The first-order chi connectivity index (χ1) is 13.1. The van der Waals surface area contributed by atoms with E-state index in [0.29, 0.717) is 6.54 Å². The van der Waals surface area contributed by atoms with Crippen LogP contribution in [0.15, 0.2) is 4.99 Å². The van der Waals surface area contributed by atoms with Gasteiger partial charge in [-0.15, -0.1) is 0 Å². The predicted octanol–water partition coefficient (Wildman–Crippen LogP) is 2.29. The molecular formula is C21H45N5O. The SMILES string of the molecule is CCCC(O)(CCC)CN=C(NCC)NCCCCN1CCN(CC)CC1. The van der Waals surface area contributed by atoms with E-state index >= 15 is 0 Å². The van der Waals surface area contributed by atoms with Gasteiger partial charge in [0.15, 0.2) is 5.96 Å². The second-order valence-electron chi connectivity index (χ2n) is 7.83. The number of hydrogen-bond acceptors (Lipinski definition) is 4. The van der Waals surface area contributed by atoms with Crippen molar-refractivity contribution in [2.75, 3.05) is 58.9 Å². The normalized spacial score (nSPS) is 17.3. The van der Waals surface area contributed by atoms with E-state index in [1.807, 2.05) is 0 Å². The van der Waals surface area contributed by atoms with Crippen molar-refractivity contribution in [3.05, 3.63) is 0 Å². The van der Waals surface area contributed by atoms with Crippen LogP contribution in [0.3, 0.4) is 0 Å². The van der Waals surface area contributed by atoms with Crippen LogP contribution in [0.2, 0.25) is 0 Å². The summed E-state index contributed by atoms with van der Waals surface area (Å²) >= 11 is 0. The number of unbranched alkanes of at least 4 members (excludes halogenated alkanes) is 1. The summed E-state index contributed by atoms with van der Waals surface area (Å²) in [5, 5.41) is 17.5. The van der Waals surface area contributed by atoms with E-state index in [-0.39, 0.29) is 0 Å². The molecule has 1 aliphatic rings. The van der Waals surface area contributed by atoms with Gasteiger partial charge in [-0.05, 0) is 45.7 Å². The van der Waals surface area contributed by atoms with Crippen LogP contribution in [-0.4, -0.2) is 85.4 Å². The smallest absolute Gasteiger partial charge is 0.191 e. The van der Waals surface area contributed by atoms with Gasteiger partial charge in [0.2, 0.25) is 0 Å². The zero-order valence-corrected chi connectivity index (χ0v) is 18.4. The largest absolute Gasteiger partial charge is 0.388 e. The van der Waals surface area contributed by atoms with Crippen LogP contribution in [0.1, 0.15) is 66.2 Å². The molecule has 0 bridgehead atoms. The zero-order chi connectivity index (χ0) is 20.0. The molecule has 0 amide bonds. The fraction of sp³-hybridized carbons (Fsp3) is 0.952. The fourth-order valence-corrected chi connectivity index (χ4v) is 3.78. The Hall–Kier alpha value is -0.850. The number of nitrogens with zero attached hydrogens (tertiary/aromatic N) is 3. The van der Waals surface area contributed by atoms with Crippen molar-refractivity contribution in [1.29, 1.82) is 0 Å². The van der Waals surface area contributed by atoms with E-state index in [1.54, 1.807) is 0 Å². The number of piperazine rings is 1. The Kier molecular flexibility index (Phi) is 12.7. The number of nitrogens with one attached hydrogen (secondary N) is 2. The summed E-state index contributed by atoms with van der Waals surface area (Å²) in [6.45, 7) is 18.0. The summed E-state index contributed by atoms with van der Waals surface area (Å²) in [6, 6.07) is 0. The predicted molar refractivity (Wildman–Crippen MR) is 117 cm³/mol. The summed E-state index contributed by atoms with van der Waals surface area (Å²) in [6.07, 6.45) is 5.97. The highest BCUT2D eigenvalue weighted by molar-refractivity contribution is 5.79. The van der Waals surface area contributed by atoms with E-state index in [2.05, 4.69) is 53.1 Å². The minimum absolute atomic E-state index is 0.478. The van der Waals surface area contributed by atoms with E-state index in [0.717, 1.165) is 51.2 Å². The van der Waals surface area contributed by atoms with E-state index in [4.69, 9.17) is 0 Å². The lowest BCUT2D eigenvalue weighted by Gasteiger charge is -2.34. The topological polar surface area (TPSA) is 63.1 Å². The quantitative estimate of drug-likeness (QED) is 0.259. The molecule has 6 heteroatoms. The molecule has 0 spiro atoms. The van der Waals surface area contributed by atoms with Crippen molar-refractivity contribution in [2.45, 2.75) is 71.8 Å². The van der Waals surface area contributed by atoms with Crippen LogP contribution < -0.4 is 10.6 Å². The average molecular weight is 384 g/mol. The summed E-state index contributed by atoms with van der Waals surface area (Å²) in [5.41, 5.74) is -0.660. The van der Waals surface area contributed by atoms with Crippen LogP contribution in [0.4, 0.5) is 0 Å². The Morgan fingerprint density at radius 2 is 1.56 bits per heavy atom. The van der Waals surface area contributed by atoms with Crippen molar-refractivity contribution in [3.63, 3.8) is 0 Å². The molecule has 6 nitrogen and oxygen atoms in total. The van der Waals surface area contributed by atoms with Crippen LogP contribution in [0.5, 0.6) is 0 Å². The molecule has 0 aromatic carbocycles. The lowest BCUT2D eigenvalue weighted by atomic mass is 9.93. The number of guanidine groups is 1. The second-order valence-corrected chi connectivity index (χ2v) is 7.83. The minimum Gasteiger partial charge on any atom is -0.388 e. The van der Waals surface area contributed by atoms with Gasteiger partial charge >= 0.3 is 0 Å². The number of aliphatic hydroxyl groups is 1. The summed E-state index contributed by atoms with van der Waals surface area (Å²) in [4.78, 5) is 9.76. The highest BCUT2D eigenvalue weighted by Gasteiger charge is 2.24. The molecule has 0 atom stereocenters. The molecule has 0 aromatic rings. The maximum absolute atomic E-state index is 10.7. The number of rotatable bonds is 13. The fourth-order valence-electron chi connectivity index (χ4n) is 3.78. The highest BCUT2D eigenvalue weighted by Crippen LogP contribution is 2.19. The van der Waals surface area contributed by atoms with Crippen molar-refractivity contribution >= 4 is 5.96 Å². The maximum atomic E-state index is 10.7. The van der Waals surface area contributed by atoms with Gasteiger partial charge in [0, 0.05) is 39.3 Å². The lowest BCUT2D eigenvalue weighted by Crippen LogP contribution is -2.46. The van der Waals surface area contributed by atoms with Crippen LogP contribution in [-0.2, 0) is 0 Å². The molecule has 0 aliphatic carbocycles. The molecule has 0 saturated carbocycles. The minimum atomic E-state index is -0.660. The van der Waals surface area contributed by atoms with E-state index < -0.39 is 5.60 Å². The zero-order valence-electron chi connectivity index (χ0n) is 18.4. The van der Waals surface area contributed by atoms with Gasteiger partial charge in [0.05, 0.1) is 12.1 Å². The van der Waals surface area contributed by atoms with Gasteiger partial charge in [-0.25, -0.2) is 0 Å². The monoisotopic (exact) mass is 383 g/mol. The molecule has 1 aliphatic heterocycles. The van der Waals surface area contributed by atoms with Crippen LogP contribution in [0.25, 0.3) is 0 Å². The van der Waals surface area contributed by atoms with Gasteiger partial charge in [-0.3, -0.25) is 4.99 Å². The number of aliphatic imine (C=N–C) groups is 1. The molecule has 160 valence electrons. The van der Waals surface area contributed by atoms with Gasteiger partial charge < -0.3 is 25.5 Å². The first-order valence-electron chi connectivity index (χ1n) is 11.3. The average Bonchev–Trinajstić information content (AvgIpc) is 2.66. The third-order valence-electron chi connectivity index (χ3n) is 5.41. The Morgan fingerprint density at radius 3 is 2.11 bits per heavy atom. The van der Waals surface area contributed by atoms with Gasteiger partial charge in [0.25, 0.3) is 0 Å². The molecule has 1 heterocycles. The molecule has 1 fully saturated rings. The summed E-state index contributed by atoms with van der Waals surface area (Å²) < 4.78 is 0. The Labute approximate surface area is 167 Å². The third-order valence-corrected chi connectivity index (χ3v) is 5.41. The molecule has 0 radical (unpaired) electrons. The van der Waals surface area contributed by atoms with Crippen molar-refractivity contribution < 1.29 is 5.11 Å². The van der Waals surface area contributed by atoms with Gasteiger partial charge in [-0.1, -0.05) is 33.6 Å². The molecule has 0 aromatic heterocycles. The lowest BCUT2D eigenvalue weighted by molar-refractivity contribution is 0.0306. The van der Waals surface area contributed by atoms with Crippen LogP contribution >= 0.6 is 0 Å². The molecule has 3 N–H and O–H groups in total. The highest BCUT2D eigenvalue weighted by atomic mass is 16.3. The molecule has 1 rings (SSSR count). The number of likely N-dealkylation sites (N-methyl/N-ethyl adjacent to an activating group) is 1. The van der Waals surface area contributed by atoms with E-state index in [9.17, 15) is 5.11 Å². The van der Waals surface area contributed by atoms with Crippen molar-refractivity contribution in [2.24, 2.45) is 4.99 Å². The molecule has 27 heavy (non-hydrogen) atoms. The van der Waals surface area contributed by atoms with E-state index in [1.165, 1.54) is 45.7 Å². The summed E-state index contributed by atoms with van der Waals surface area (Å²) in [5.74, 6) is 0.833. The van der Waals surface area contributed by atoms with Crippen molar-refractivity contribution in [3.8, 4) is 0 Å². The summed E-state index contributed by atoms with van der Waals surface area (Å²) in [7, 11) is 0. The maximum Gasteiger partial charge on any atom is 0.191 e. The standard InChI is InChI=1S/C21H45N5O/c1-5-11-21(27,12-6-2)19-24-20(22-7-3)23-13-9-10-14-26-17-15-25(8-4)16-18-26/h27H,5-19H2,1-4H3,(H2,22,23,24). The molecule has 1 saturated heterocycles.